The molecule has 0 saturated heterocycles. The van der Waals surface area contributed by atoms with Crippen LogP contribution < -0.4 is 5.43 Å². The normalized spacial score (nSPS) is 9.67. The topological polar surface area (TPSA) is 24.4 Å². The van der Waals surface area contributed by atoms with E-state index in [9.17, 15) is 0 Å². The summed E-state index contributed by atoms with van der Waals surface area (Å²) in [5.74, 6) is 0. The van der Waals surface area contributed by atoms with E-state index < -0.39 is 0 Å². The van der Waals surface area contributed by atoms with Crippen molar-refractivity contribution in [1.82, 2.24) is 5.43 Å². The molecule has 0 saturated carbocycles. The van der Waals surface area contributed by atoms with Crippen LogP contribution in [0.1, 0.15) is 20.8 Å². The van der Waals surface area contributed by atoms with Gasteiger partial charge in [-0.3, -0.25) is 0 Å². The molecule has 0 aliphatic carbocycles. The van der Waals surface area contributed by atoms with E-state index in [1.807, 2.05) is 32.9 Å². The molecule has 2 nitrogen and oxygen atoms in total. The Kier molecular flexibility index (Phi) is 4.88. The minimum atomic E-state index is 0.821. The number of hydrazone groups is 1. The summed E-state index contributed by atoms with van der Waals surface area (Å²) in [5.41, 5.74) is 3.94. The maximum Gasteiger partial charge on any atom is 0.0510 e. The Morgan fingerprint density at radius 2 is 2.22 bits per heavy atom. The number of allylic oxidation sites excluding steroid dienone is 1. The molecule has 0 aliphatic rings. The van der Waals surface area contributed by atoms with E-state index >= 15 is 0 Å². The van der Waals surface area contributed by atoms with E-state index in [0.29, 0.717) is 0 Å². The maximum absolute atomic E-state index is 3.98. The number of nitrogens with zero attached hydrogens (tertiary/aromatic N) is 1. The molecule has 2 heteroatoms. The van der Waals surface area contributed by atoms with Crippen LogP contribution in [0.3, 0.4) is 0 Å². The number of hydrogen-bond acceptors (Lipinski definition) is 2. The van der Waals surface area contributed by atoms with E-state index in [-0.39, 0.29) is 0 Å². The molecule has 0 radical (unpaired) electrons. The highest BCUT2D eigenvalue weighted by Crippen LogP contribution is 1.70. The molecule has 0 aromatic carbocycles. The standard InChI is InChI=1S/C7H14N2/c1-4-5-6-8-9-7(2)3/h4-5,8H,6H2,1-3H3. The van der Waals surface area contributed by atoms with Gasteiger partial charge in [-0.15, -0.1) is 0 Å². The van der Waals surface area contributed by atoms with Crippen LogP contribution in [-0.4, -0.2) is 12.3 Å². The van der Waals surface area contributed by atoms with Gasteiger partial charge < -0.3 is 5.43 Å². The van der Waals surface area contributed by atoms with Crippen LogP contribution in [-0.2, 0) is 0 Å². The van der Waals surface area contributed by atoms with Crippen LogP contribution >= 0.6 is 0 Å². The van der Waals surface area contributed by atoms with Gasteiger partial charge in [0, 0.05) is 5.71 Å². The molecular formula is C7H14N2. The maximum atomic E-state index is 3.98. The number of nitrogens with one attached hydrogen (secondary N) is 1. The van der Waals surface area contributed by atoms with Gasteiger partial charge in [-0.1, -0.05) is 12.2 Å². The zero-order chi connectivity index (χ0) is 7.11. The van der Waals surface area contributed by atoms with Crippen LogP contribution in [0.2, 0.25) is 0 Å². The van der Waals surface area contributed by atoms with Gasteiger partial charge in [0.1, 0.15) is 0 Å². The molecular weight excluding hydrogens is 112 g/mol. The van der Waals surface area contributed by atoms with Crippen molar-refractivity contribution in [1.29, 1.82) is 0 Å². The fourth-order valence-electron chi connectivity index (χ4n) is 0.374. The highest BCUT2D eigenvalue weighted by molar-refractivity contribution is 5.78. The molecule has 9 heavy (non-hydrogen) atoms. The summed E-state index contributed by atoms with van der Waals surface area (Å²) in [6.45, 7) is 6.73. The van der Waals surface area contributed by atoms with E-state index in [2.05, 4.69) is 10.5 Å². The molecule has 0 aromatic rings. The summed E-state index contributed by atoms with van der Waals surface area (Å²) in [7, 11) is 0. The summed E-state index contributed by atoms with van der Waals surface area (Å²) in [6, 6.07) is 0. The lowest BCUT2D eigenvalue weighted by Gasteiger charge is -1.92. The smallest absolute Gasteiger partial charge is 0.0510 e. The second-order valence-electron chi connectivity index (χ2n) is 1.99. The summed E-state index contributed by atoms with van der Waals surface area (Å²) in [5, 5.41) is 3.98. The average molecular weight is 126 g/mol. The quantitative estimate of drug-likeness (QED) is 0.264. The van der Waals surface area contributed by atoms with Gasteiger partial charge in [-0.2, -0.15) is 5.10 Å². The fraction of sp³-hybridized carbons (Fsp3) is 0.571. The molecule has 0 fully saturated rings. The predicted octanol–water partition coefficient (Wildman–Crippen LogP) is 1.55. The van der Waals surface area contributed by atoms with Gasteiger partial charge in [0.15, 0.2) is 0 Å². The van der Waals surface area contributed by atoms with E-state index in [1.54, 1.807) is 0 Å². The van der Waals surface area contributed by atoms with Gasteiger partial charge in [0.05, 0.1) is 6.54 Å². The van der Waals surface area contributed by atoms with Crippen molar-refractivity contribution in [3.63, 3.8) is 0 Å². The first-order chi connectivity index (χ1) is 4.27. The lowest BCUT2D eigenvalue weighted by atomic mass is 10.5. The first kappa shape index (κ1) is 8.21. The third kappa shape index (κ3) is 7.21. The van der Waals surface area contributed by atoms with Gasteiger partial charge in [-0.25, -0.2) is 0 Å². The van der Waals surface area contributed by atoms with Crippen LogP contribution in [0.5, 0.6) is 0 Å². The zero-order valence-corrected chi connectivity index (χ0v) is 6.31. The molecule has 0 amide bonds. The predicted molar refractivity (Wildman–Crippen MR) is 41.6 cm³/mol. The molecule has 0 heterocycles. The number of rotatable bonds is 3. The van der Waals surface area contributed by atoms with Crippen LogP contribution in [0.25, 0.3) is 0 Å². The van der Waals surface area contributed by atoms with Gasteiger partial charge >= 0.3 is 0 Å². The summed E-state index contributed by atoms with van der Waals surface area (Å²) >= 11 is 0. The van der Waals surface area contributed by atoms with Crippen molar-refractivity contribution in [2.45, 2.75) is 20.8 Å². The Labute approximate surface area is 56.7 Å². The first-order valence-corrected chi connectivity index (χ1v) is 3.12. The van der Waals surface area contributed by atoms with E-state index in [0.717, 1.165) is 12.3 Å². The third-order valence-corrected chi connectivity index (χ3v) is 0.748. The average Bonchev–Trinajstić information content (AvgIpc) is 1.80. The summed E-state index contributed by atoms with van der Waals surface area (Å²) in [6.07, 6.45) is 4.01. The van der Waals surface area contributed by atoms with Crippen molar-refractivity contribution in [2.24, 2.45) is 5.10 Å². The summed E-state index contributed by atoms with van der Waals surface area (Å²) < 4.78 is 0. The number of hydrogen-bond donors (Lipinski definition) is 1. The van der Waals surface area contributed by atoms with Crippen molar-refractivity contribution >= 4 is 5.71 Å². The molecule has 0 spiro atoms. The Morgan fingerprint density at radius 3 is 2.67 bits per heavy atom. The lowest BCUT2D eigenvalue weighted by molar-refractivity contribution is 0.822. The van der Waals surface area contributed by atoms with E-state index in [1.165, 1.54) is 0 Å². The Hall–Kier alpha value is -0.790. The van der Waals surface area contributed by atoms with Gasteiger partial charge in [0.25, 0.3) is 0 Å². The minimum Gasteiger partial charge on any atom is -0.306 e. The monoisotopic (exact) mass is 126 g/mol. The van der Waals surface area contributed by atoms with Gasteiger partial charge in [0.2, 0.25) is 0 Å². The molecule has 0 rings (SSSR count). The van der Waals surface area contributed by atoms with Crippen molar-refractivity contribution in [3.8, 4) is 0 Å². The van der Waals surface area contributed by atoms with Crippen LogP contribution in [0, 0.1) is 0 Å². The van der Waals surface area contributed by atoms with Gasteiger partial charge in [-0.05, 0) is 20.8 Å². The highest BCUT2D eigenvalue weighted by Gasteiger charge is 1.73. The SMILES string of the molecule is CC=CCNN=C(C)C. The van der Waals surface area contributed by atoms with Crippen molar-refractivity contribution < 1.29 is 0 Å². The van der Waals surface area contributed by atoms with Crippen LogP contribution in [0.15, 0.2) is 17.3 Å². The van der Waals surface area contributed by atoms with Crippen molar-refractivity contribution in [3.05, 3.63) is 12.2 Å². The molecule has 0 aromatic heterocycles. The lowest BCUT2D eigenvalue weighted by Crippen LogP contribution is -2.06. The zero-order valence-electron chi connectivity index (χ0n) is 6.31. The Balaban J connectivity index is 3.20. The molecule has 0 unspecified atom stereocenters. The highest BCUT2D eigenvalue weighted by atomic mass is 15.3. The molecule has 0 bridgehead atoms. The fourth-order valence-corrected chi connectivity index (χ4v) is 0.374. The largest absolute Gasteiger partial charge is 0.306 e. The van der Waals surface area contributed by atoms with Crippen LogP contribution in [0.4, 0.5) is 0 Å². The molecule has 52 valence electrons. The second-order valence-corrected chi connectivity index (χ2v) is 1.99. The Morgan fingerprint density at radius 1 is 1.56 bits per heavy atom. The molecule has 0 atom stereocenters. The molecule has 0 aliphatic heterocycles. The second kappa shape index (κ2) is 5.35. The summed E-state index contributed by atoms with van der Waals surface area (Å²) in [4.78, 5) is 0. The van der Waals surface area contributed by atoms with E-state index in [4.69, 9.17) is 0 Å². The first-order valence-electron chi connectivity index (χ1n) is 3.12. The van der Waals surface area contributed by atoms with Crippen molar-refractivity contribution in [2.75, 3.05) is 6.54 Å². The third-order valence-electron chi connectivity index (χ3n) is 0.748. The molecule has 1 N–H and O–H groups in total. The Bertz CT molecular complexity index is 110. The minimum absolute atomic E-state index is 0.821.